The van der Waals surface area contributed by atoms with E-state index >= 15 is 0 Å². The predicted octanol–water partition coefficient (Wildman–Crippen LogP) is 2.17. The third-order valence-corrected chi connectivity index (χ3v) is 4.78. The Morgan fingerprint density at radius 2 is 1.90 bits per heavy atom. The van der Waals surface area contributed by atoms with E-state index in [4.69, 9.17) is 0 Å². The highest BCUT2D eigenvalue weighted by Crippen LogP contribution is 2.36. The minimum absolute atomic E-state index is 0.0290. The van der Waals surface area contributed by atoms with Crippen LogP contribution in [-0.2, 0) is 4.79 Å². The van der Waals surface area contributed by atoms with E-state index in [1.54, 1.807) is 4.90 Å². The first-order chi connectivity index (χ1) is 9.56. The molecule has 3 aliphatic rings. The topological polar surface area (TPSA) is 60.9 Å². The fourth-order valence-electron chi connectivity index (χ4n) is 3.12. The number of carbonyl (C=O) groups excluding carboxylic acids is 1. The van der Waals surface area contributed by atoms with E-state index in [1.165, 1.54) is 12.8 Å². The van der Waals surface area contributed by atoms with Crippen molar-refractivity contribution in [3.05, 3.63) is 0 Å². The molecule has 0 spiro atoms. The van der Waals surface area contributed by atoms with Crippen molar-refractivity contribution in [3.63, 3.8) is 0 Å². The fraction of sp³-hybridized carbons (Fsp3) is 0.867. The van der Waals surface area contributed by atoms with Gasteiger partial charge in [-0.1, -0.05) is 6.92 Å². The van der Waals surface area contributed by atoms with Crippen molar-refractivity contribution >= 4 is 12.0 Å². The Labute approximate surface area is 119 Å². The Hall–Kier alpha value is -1.26. The Morgan fingerprint density at radius 3 is 2.45 bits per heavy atom. The number of carbonyl (C=O) groups is 2. The van der Waals surface area contributed by atoms with Gasteiger partial charge in [-0.15, -0.1) is 0 Å². The molecule has 2 aliphatic carbocycles. The maximum absolute atomic E-state index is 12.8. The van der Waals surface area contributed by atoms with Crippen LogP contribution in [0.5, 0.6) is 0 Å². The van der Waals surface area contributed by atoms with Crippen molar-refractivity contribution in [3.8, 4) is 0 Å². The number of amides is 2. The molecular weight excluding hydrogens is 256 g/mol. The van der Waals surface area contributed by atoms with Crippen LogP contribution >= 0.6 is 0 Å². The molecule has 0 aromatic heterocycles. The summed E-state index contributed by atoms with van der Waals surface area (Å²) in [7, 11) is 0. The largest absolute Gasteiger partial charge is 0.480 e. The molecule has 2 saturated carbocycles. The minimum atomic E-state index is -0.855. The smallest absolute Gasteiger partial charge is 0.326 e. The first-order valence-corrected chi connectivity index (χ1v) is 7.86. The van der Waals surface area contributed by atoms with Gasteiger partial charge in [-0.05, 0) is 50.4 Å². The Morgan fingerprint density at radius 1 is 1.20 bits per heavy atom. The monoisotopic (exact) mass is 280 g/mol. The summed E-state index contributed by atoms with van der Waals surface area (Å²) in [6.07, 6.45) is 6.10. The highest BCUT2D eigenvalue weighted by atomic mass is 16.4. The van der Waals surface area contributed by atoms with Gasteiger partial charge in [-0.2, -0.15) is 0 Å². The van der Waals surface area contributed by atoms with Crippen LogP contribution in [-0.4, -0.2) is 52.1 Å². The summed E-state index contributed by atoms with van der Waals surface area (Å²) < 4.78 is 0. The van der Waals surface area contributed by atoms with Crippen molar-refractivity contribution in [2.45, 2.75) is 57.5 Å². The van der Waals surface area contributed by atoms with Crippen LogP contribution in [0, 0.1) is 11.8 Å². The third kappa shape index (κ3) is 2.91. The van der Waals surface area contributed by atoms with Crippen molar-refractivity contribution in [2.75, 3.05) is 13.1 Å². The molecule has 1 heterocycles. The molecular formula is C15H24N2O3. The quantitative estimate of drug-likeness (QED) is 0.858. The van der Waals surface area contributed by atoms with E-state index in [-0.39, 0.29) is 6.03 Å². The summed E-state index contributed by atoms with van der Waals surface area (Å²) in [4.78, 5) is 27.8. The van der Waals surface area contributed by atoms with Crippen LogP contribution in [0.25, 0.3) is 0 Å². The second-order valence-corrected chi connectivity index (χ2v) is 6.79. The number of rotatable bonds is 4. The highest BCUT2D eigenvalue weighted by molar-refractivity contribution is 5.83. The van der Waals surface area contributed by atoms with Crippen molar-refractivity contribution in [2.24, 2.45) is 11.8 Å². The summed E-state index contributed by atoms with van der Waals surface area (Å²) in [5.74, 6) is 0.191. The number of urea groups is 1. The molecule has 1 saturated heterocycles. The lowest BCUT2D eigenvalue weighted by Crippen LogP contribution is -2.55. The summed E-state index contributed by atoms with van der Waals surface area (Å²) in [6.45, 7) is 3.49. The van der Waals surface area contributed by atoms with Gasteiger partial charge in [0.15, 0.2) is 0 Å². The molecule has 0 aromatic rings. The zero-order chi connectivity index (χ0) is 14.3. The standard InChI is InChI=1S/C15H24N2O3/c1-10-6-7-16(13(8-10)14(18)19)15(20)17(12-4-5-12)9-11-2-3-11/h10-13H,2-9H2,1H3,(H,18,19). The van der Waals surface area contributed by atoms with Crippen molar-refractivity contribution < 1.29 is 14.7 Å². The van der Waals surface area contributed by atoms with E-state index in [0.717, 1.165) is 25.8 Å². The molecule has 20 heavy (non-hydrogen) atoms. The molecule has 3 fully saturated rings. The number of hydrogen-bond donors (Lipinski definition) is 1. The molecule has 1 aliphatic heterocycles. The SMILES string of the molecule is CC1CCN(C(=O)N(CC2CC2)C2CC2)C(C(=O)O)C1. The van der Waals surface area contributed by atoms with E-state index in [9.17, 15) is 14.7 Å². The Kier molecular flexibility index (Phi) is 3.61. The van der Waals surface area contributed by atoms with Gasteiger partial charge in [0, 0.05) is 19.1 Å². The van der Waals surface area contributed by atoms with Crippen molar-refractivity contribution in [1.29, 1.82) is 0 Å². The van der Waals surface area contributed by atoms with Gasteiger partial charge >= 0.3 is 12.0 Å². The number of aliphatic carboxylic acids is 1. The van der Waals surface area contributed by atoms with Crippen LogP contribution in [0.15, 0.2) is 0 Å². The Bertz CT molecular complexity index is 404. The highest BCUT2D eigenvalue weighted by Gasteiger charge is 2.42. The van der Waals surface area contributed by atoms with Gasteiger partial charge in [-0.3, -0.25) is 0 Å². The number of piperidine rings is 1. The molecule has 2 unspecified atom stereocenters. The van der Waals surface area contributed by atoms with Crippen LogP contribution in [0.1, 0.15) is 45.4 Å². The summed E-state index contributed by atoms with van der Waals surface area (Å²) >= 11 is 0. The summed E-state index contributed by atoms with van der Waals surface area (Å²) in [5, 5.41) is 9.39. The fourth-order valence-corrected chi connectivity index (χ4v) is 3.12. The van der Waals surface area contributed by atoms with Gasteiger partial charge < -0.3 is 14.9 Å². The van der Waals surface area contributed by atoms with Gasteiger partial charge in [0.2, 0.25) is 0 Å². The number of hydrogen-bond acceptors (Lipinski definition) is 2. The lowest BCUT2D eigenvalue weighted by Gasteiger charge is -2.39. The molecule has 5 nitrogen and oxygen atoms in total. The molecule has 112 valence electrons. The number of carboxylic acids is 1. The normalized spacial score (nSPS) is 30.1. The van der Waals surface area contributed by atoms with E-state index < -0.39 is 12.0 Å². The first-order valence-electron chi connectivity index (χ1n) is 7.86. The summed E-state index contributed by atoms with van der Waals surface area (Å²) in [5.41, 5.74) is 0. The van der Waals surface area contributed by atoms with Gasteiger partial charge in [0.25, 0.3) is 0 Å². The van der Waals surface area contributed by atoms with Crippen LogP contribution in [0.3, 0.4) is 0 Å². The van der Waals surface area contributed by atoms with Gasteiger partial charge in [0.1, 0.15) is 6.04 Å². The molecule has 2 atom stereocenters. The second-order valence-electron chi connectivity index (χ2n) is 6.79. The zero-order valence-corrected chi connectivity index (χ0v) is 12.1. The molecule has 2 amide bonds. The first kappa shape index (κ1) is 13.7. The number of nitrogens with zero attached hydrogens (tertiary/aromatic N) is 2. The number of carboxylic acid groups (broad SMARTS) is 1. The van der Waals surface area contributed by atoms with E-state index in [2.05, 4.69) is 6.92 Å². The Balaban J connectivity index is 1.70. The average Bonchev–Trinajstić information content (AvgIpc) is 3.26. The molecule has 1 N–H and O–H groups in total. The third-order valence-electron chi connectivity index (χ3n) is 4.78. The average molecular weight is 280 g/mol. The molecule has 0 radical (unpaired) electrons. The number of likely N-dealkylation sites (tertiary alicyclic amines) is 1. The second kappa shape index (κ2) is 5.26. The van der Waals surface area contributed by atoms with Gasteiger partial charge in [0.05, 0.1) is 0 Å². The van der Waals surface area contributed by atoms with Crippen LogP contribution in [0.4, 0.5) is 4.79 Å². The maximum atomic E-state index is 12.8. The lowest BCUT2D eigenvalue weighted by atomic mass is 9.92. The lowest BCUT2D eigenvalue weighted by molar-refractivity contribution is -0.144. The van der Waals surface area contributed by atoms with Crippen LogP contribution in [0.2, 0.25) is 0 Å². The molecule has 0 bridgehead atoms. The van der Waals surface area contributed by atoms with Gasteiger partial charge in [-0.25, -0.2) is 9.59 Å². The maximum Gasteiger partial charge on any atom is 0.326 e. The van der Waals surface area contributed by atoms with Crippen LogP contribution < -0.4 is 0 Å². The zero-order valence-electron chi connectivity index (χ0n) is 12.1. The molecule has 0 aromatic carbocycles. The van der Waals surface area contributed by atoms with E-state index in [1.807, 2.05) is 4.90 Å². The van der Waals surface area contributed by atoms with E-state index in [0.29, 0.717) is 30.8 Å². The predicted molar refractivity (Wildman–Crippen MR) is 74.4 cm³/mol. The molecule has 5 heteroatoms. The summed E-state index contributed by atoms with van der Waals surface area (Å²) in [6, 6.07) is -0.290. The molecule has 3 rings (SSSR count). The minimum Gasteiger partial charge on any atom is -0.480 e. The van der Waals surface area contributed by atoms with Crippen molar-refractivity contribution in [1.82, 2.24) is 9.80 Å².